The lowest BCUT2D eigenvalue weighted by atomic mass is 10.1. The van der Waals surface area contributed by atoms with Gasteiger partial charge in [-0.1, -0.05) is 11.2 Å². The maximum absolute atomic E-state index is 5.21. The Balaban J connectivity index is 1.56. The molecule has 2 aromatic rings. The third kappa shape index (κ3) is 2.70. The zero-order valence-electron chi connectivity index (χ0n) is 9.87. The van der Waals surface area contributed by atoms with Gasteiger partial charge in [0.05, 0.1) is 5.75 Å². The fourth-order valence-corrected chi connectivity index (χ4v) is 2.67. The molecule has 0 atom stereocenters. The SMILES string of the molecule is c1ccc(-c2noc(CSCC3CNC3)n2)nc1. The van der Waals surface area contributed by atoms with Crippen molar-refractivity contribution >= 4 is 11.8 Å². The summed E-state index contributed by atoms with van der Waals surface area (Å²) in [5.41, 5.74) is 0.751. The van der Waals surface area contributed by atoms with Crippen molar-refractivity contribution in [2.45, 2.75) is 5.75 Å². The molecule has 0 aliphatic carbocycles. The zero-order chi connectivity index (χ0) is 12.2. The molecule has 1 aliphatic rings. The third-order valence-corrected chi connectivity index (χ3v) is 3.97. The molecule has 2 aromatic heterocycles. The Hall–Kier alpha value is -1.40. The molecule has 18 heavy (non-hydrogen) atoms. The molecule has 6 heteroatoms. The fraction of sp³-hybridized carbons (Fsp3) is 0.417. The van der Waals surface area contributed by atoms with Crippen molar-refractivity contribution in [1.82, 2.24) is 20.4 Å². The zero-order valence-corrected chi connectivity index (χ0v) is 10.7. The summed E-state index contributed by atoms with van der Waals surface area (Å²) in [6.07, 6.45) is 1.73. The van der Waals surface area contributed by atoms with Gasteiger partial charge in [0, 0.05) is 6.20 Å². The van der Waals surface area contributed by atoms with Gasteiger partial charge in [0.1, 0.15) is 5.69 Å². The number of hydrogen-bond acceptors (Lipinski definition) is 6. The number of rotatable bonds is 5. The van der Waals surface area contributed by atoms with Gasteiger partial charge in [-0.15, -0.1) is 0 Å². The summed E-state index contributed by atoms with van der Waals surface area (Å²) in [5.74, 6) is 3.96. The number of pyridine rings is 1. The van der Waals surface area contributed by atoms with E-state index in [1.54, 1.807) is 6.20 Å². The van der Waals surface area contributed by atoms with Crippen LogP contribution in [0, 0.1) is 5.92 Å². The highest BCUT2D eigenvalue weighted by Gasteiger charge is 2.17. The van der Waals surface area contributed by atoms with Gasteiger partial charge in [0.15, 0.2) is 0 Å². The molecule has 1 fully saturated rings. The molecule has 1 N–H and O–H groups in total. The van der Waals surface area contributed by atoms with E-state index in [4.69, 9.17) is 4.52 Å². The first-order chi connectivity index (χ1) is 8.92. The van der Waals surface area contributed by atoms with Crippen LogP contribution in [0.15, 0.2) is 28.9 Å². The Morgan fingerprint density at radius 3 is 3.06 bits per heavy atom. The van der Waals surface area contributed by atoms with Crippen LogP contribution in [-0.4, -0.2) is 34.0 Å². The summed E-state index contributed by atoms with van der Waals surface area (Å²) in [6, 6.07) is 5.66. The van der Waals surface area contributed by atoms with Crippen LogP contribution >= 0.6 is 11.8 Å². The Kier molecular flexibility index (Phi) is 3.56. The average molecular weight is 262 g/mol. The third-order valence-electron chi connectivity index (χ3n) is 2.81. The topological polar surface area (TPSA) is 63.8 Å². The van der Waals surface area contributed by atoms with Crippen molar-refractivity contribution in [2.24, 2.45) is 5.92 Å². The van der Waals surface area contributed by atoms with Crippen molar-refractivity contribution < 1.29 is 4.52 Å². The average Bonchev–Trinajstić information content (AvgIpc) is 2.82. The number of hydrogen-bond donors (Lipinski definition) is 1. The number of nitrogens with one attached hydrogen (secondary N) is 1. The molecular weight excluding hydrogens is 248 g/mol. The molecule has 1 aliphatic heterocycles. The summed E-state index contributed by atoms with van der Waals surface area (Å²) in [4.78, 5) is 8.54. The molecule has 0 unspecified atom stereocenters. The van der Waals surface area contributed by atoms with Crippen LogP contribution in [0.1, 0.15) is 5.89 Å². The van der Waals surface area contributed by atoms with Crippen LogP contribution < -0.4 is 5.32 Å². The lowest BCUT2D eigenvalue weighted by molar-refractivity contribution is 0.382. The fourth-order valence-electron chi connectivity index (χ4n) is 1.69. The Bertz CT molecular complexity index is 498. The summed E-state index contributed by atoms with van der Waals surface area (Å²) in [7, 11) is 0. The van der Waals surface area contributed by atoms with E-state index in [1.807, 2.05) is 30.0 Å². The monoisotopic (exact) mass is 262 g/mol. The van der Waals surface area contributed by atoms with Gasteiger partial charge >= 0.3 is 0 Å². The normalized spacial score (nSPS) is 15.6. The lowest BCUT2D eigenvalue weighted by Crippen LogP contribution is -2.43. The first kappa shape index (κ1) is 11.7. The van der Waals surface area contributed by atoms with E-state index >= 15 is 0 Å². The minimum absolute atomic E-state index is 0.566. The summed E-state index contributed by atoms with van der Waals surface area (Å²) < 4.78 is 5.21. The van der Waals surface area contributed by atoms with Crippen LogP contribution in [0.4, 0.5) is 0 Å². The quantitative estimate of drug-likeness (QED) is 0.882. The van der Waals surface area contributed by atoms with Crippen LogP contribution in [0.2, 0.25) is 0 Å². The van der Waals surface area contributed by atoms with E-state index in [2.05, 4.69) is 20.4 Å². The maximum Gasteiger partial charge on any atom is 0.237 e. The predicted octanol–water partition coefficient (Wildman–Crippen LogP) is 1.58. The van der Waals surface area contributed by atoms with Gasteiger partial charge in [0.2, 0.25) is 11.7 Å². The Morgan fingerprint density at radius 2 is 2.33 bits per heavy atom. The minimum Gasteiger partial charge on any atom is -0.338 e. The largest absolute Gasteiger partial charge is 0.338 e. The number of thioether (sulfide) groups is 1. The van der Waals surface area contributed by atoms with Crippen LogP contribution in [-0.2, 0) is 5.75 Å². The molecule has 3 rings (SSSR count). The highest BCUT2D eigenvalue weighted by atomic mass is 32.2. The second-order valence-electron chi connectivity index (χ2n) is 4.27. The van der Waals surface area contributed by atoms with Crippen molar-refractivity contribution in [3.63, 3.8) is 0 Å². The van der Waals surface area contributed by atoms with Crippen molar-refractivity contribution in [1.29, 1.82) is 0 Å². The molecule has 0 spiro atoms. The molecule has 0 bridgehead atoms. The molecule has 3 heterocycles. The van der Waals surface area contributed by atoms with E-state index in [1.165, 1.54) is 0 Å². The van der Waals surface area contributed by atoms with Gasteiger partial charge in [-0.05, 0) is 36.9 Å². The maximum atomic E-state index is 5.21. The van der Waals surface area contributed by atoms with E-state index in [9.17, 15) is 0 Å². The standard InChI is InChI=1S/C12H14N4OS/c1-2-4-14-10(3-1)12-15-11(17-16-12)8-18-7-9-5-13-6-9/h1-4,9,13H,5-8H2. The molecule has 0 amide bonds. The summed E-state index contributed by atoms with van der Waals surface area (Å²) in [6.45, 7) is 2.27. The number of aromatic nitrogens is 3. The van der Waals surface area contributed by atoms with Crippen molar-refractivity contribution in [3.8, 4) is 11.5 Å². The second kappa shape index (κ2) is 5.49. The Labute approximate surface area is 109 Å². The van der Waals surface area contributed by atoms with Gasteiger partial charge in [-0.3, -0.25) is 4.98 Å². The molecule has 0 saturated carbocycles. The molecule has 1 saturated heterocycles. The summed E-state index contributed by atoms with van der Waals surface area (Å²) in [5, 5.41) is 7.21. The van der Waals surface area contributed by atoms with Crippen molar-refractivity contribution in [2.75, 3.05) is 18.8 Å². The molecule has 94 valence electrons. The highest BCUT2D eigenvalue weighted by molar-refractivity contribution is 7.98. The highest BCUT2D eigenvalue weighted by Crippen LogP contribution is 2.18. The van der Waals surface area contributed by atoms with E-state index in [0.29, 0.717) is 11.7 Å². The molecule has 5 nitrogen and oxygen atoms in total. The van der Waals surface area contributed by atoms with Crippen molar-refractivity contribution in [3.05, 3.63) is 30.3 Å². The first-order valence-electron chi connectivity index (χ1n) is 5.94. The first-order valence-corrected chi connectivity index (χ1v) is 7.10. The van der Waals surface area contributed by atoms with E-state index in [0.717, 1.165) is 36.2 Å². The van der Waals surface area contributed by atoms with E-state index < -0.39 is 0 Å². The minimum atomic E-state index is 0.566. The van der Waals surface area contributed by atoms with Crippen LogP contribution in [0.5, 0.6) is 0 Å². The molecular formula is C12H14N4OS. The molecule has 0 radical (unpaired) electrons. The smallest absolute Gasteiger partial charge is 0.237 e. The van der Waals surface area contributed by atoms with Crippen LogP contribution in [0.3, 0.4) is 0 Å². The summed E-state index contributed by atoms with van der Waals surface area (Å²) >= 11 is 1.84. The second-order valence-corrected chi connectivity index (χ2v) is 5.30. The number of nitrogens with zero attached hydrogens (tertiary/aromatic N) is 3. The lowest BCUT2D eigenvalue weighted by Gasteiger charge is -2.26. The van der Waals surface area contributed by atoms with Gasteiger partial charge in [-0.25, -0.2) is 0 Å². The van der Waals surface area contributed by atoms with Gasteiger partial charge in [0.25, 0.3) is 0 Å². The molecule has 0 aromatic carbocycles. The van der Waals surface area contributed by atoms with Gasteiger partial charge < -0.3 is 9.84 Å². The Morgan fingerprint density at radius 1 is 1.39 bits per heavy atom. The van der Waals surface area contributed by atoms with E-state index in [-0.39, 0.29) is 0 Å². The predicted molar refractivity (Wildman–Crippen MR) is 70.1 cm³/mol. The van der Waals surface area contributed by atoms with Gasteiger partial charge in [-0.2, -0.15) is 16.7 Å². The van der Waals surface area contributed by atoms with Crippen LogP contribution in [0.25, 0.3) is 11.5 Å².